The summed E-state index contributed by atoms with van der Waals surface area (Å²) in [5.74, 6) is -1.88. The highest BCUT2D eigenvalue weighted by Crippen LogP contribution is 2.30. The minimum atomic E-state index is -5.08. The molecule has 6 nitrogen and oxygen atoms in total. The fourth-order valence-corrected chi connectivity index (χ4v) is 4.56. The highest BCUT2D eigenvalue weighted by Gasteiger charge is 2.38. The van der Waals surface area contributed by atoms with Gasteiger partial charge in [0.25, 0.3) is 0 Å². The van der Waals surface area contributed by atoms with Gasteiger partial charge in [0.15, 0.2) is 5.82 Å². The molecule has 160 valence electrons. The Morgan fingerprint density at radius 1 is 1.27 bits per heavy atom. The van der Waals surface area contributed by atoms with E-state index in [1.54, 1.807) is 23.1 Å². The second-order valence-corrected chi connectivity index (χ2v) is 8.71. The molecule has 0 spiro atoms. The monoisotopic (exact) mass is 456 g/mol. The quantitative estimate of drug-likeness (QED) is 0.587. The van der Waals surface area contributed by atoms with Gasteiger partial charge in [-0.05, 0) is 30.0 Å². The number of carboxylic acid groups (broad SMARTS) is 1. The molecule has 0 radical (unpaired) electrons. The van der Waals surface area contributed by atoms with Crippen LogP contribution in [0.25, 0.3) is 10.7 Å². The van der Waals surface area contributed by atoms with Gasteiger partial charge in [0.1, 0.15) is 0 Å². The number of nitrogens with one attached hydrogen (secondary N) is 1. The Balaban J connectivity index is 0.000000318. The minimum Gasteiger partial charge on any atom is -0.475 e. The molecule has 0 bridgehead atoms. The van der Waals surface area contributed by atoms with Crippen molar-refractivity contribution < 1.29 is 23.1 Å². The Hall–Kier alpha value is -2.37. The molecule has 2 aromatic heterocycles. The molecular weight excluding hydrogens is 437 g/mol. The number of thiophene rings is 1. The smallest absolute Gasteiger partial charge is 0.475 e. The zero-order valence-electron chi connectivity index (χ0n) is 15.7. The van der Waals surface area contributed by atoms with E-state index in [-0.39, 0.29) is 0 Å². The zero-order valence-corrected chi connectivity index (χ0v) is 17.3. The maximum absolute atomic E-state index is 10.6. The van der Waals surface area contributed by atoms with E-state index in [0.717, 1.165) is 35.5 Å². The standard InChI is InChI=1S/C17H18N4S2.C2HF3O2/c1-2-5-13(6-3-1)11-21-9-8-14(12-21)23-17-18-16(19-20-17)15-7-4-10-22-15;3-2(4,5)1(6)7/h1-7,10,14H,8-9,11-12H2,(H,18,19,20);(H,6,7). The maximum atomic E-state index is 10.6. The van der Waals surface area contributed by atoms with Crippen LogP contribution >= 0.6 is 23.1 Å². The van der Waals surface area contributed by atoms with E-state index in [0.29, 0.717) is 5.25 Å². The Morgan fingerprint density at radius 3 is 2.63 bits per heavy atom. The number of H-pyrrole nitrogens is 1. The Morgan fingerprint density at radius 2 is 2.00 bits per heavy atom. The summed E-state index contributed by atoms with van der Waals surface area (Å²) in [4.78, 5) is 17.2. The van der Waals surface area contributed by atoms with Crippen LogP contribution in [0.5, 0.6) is 0 Å². The van der Waals surface area contributed by atoms with Crippen LogP contribution in [0.15, 0.2) is 53.0 Å². The number of aliphatic carboxylic acids is 1. The van der Waals surface area contributed by atoms with Gasteiger partial charge in [0.05, 0.1) is 4.88 Å². The normalized spacial score (nSPS) is 16.8. The third-order valence-electron chi connectivity index (χ3n) is 4.21. The lowest BCUT2D eigenvalue weighted by Gasteiger charge is -2.15. The van der Waals surface area contributed by atoms with Crippen LogP contribution < -0.4 is 0 Å². The number of hydrogen-bond donors (Lipinski definition) is 2. The van der Waals surface area contributed by atoms with Crippen LogP contribution in [0.2, 0.25) is 0 Å². The summed E-state index contributed by atoms with van der Waals surface area (Å²) < 4.78 is 31.7. The second-order valence-electron chi connectivity index (χ2n) is 6.50. The summed E-state index contributed by atoms with van der Waals surface area (Å²) in [5.41, 5.74) is 1.39. The number of carbonyl (C=O) groups is 1. The topological polar surface area (TPSA) is 82.1 Å². The Labute approximate surface area is 179 Å². The van der Waals surface area contributed by atoms with Crippen molar-refractivity contribution in [3.63, 3.8) is 0 Å². The van der Waals surface area contributed by atoms with E-state index in [1.165, 1.54) is 12.0 Å². The molecule has 11 heteroatoms. The van der Waals surface area contributed by atoms with Crippen molar-refractivity contribution >= 4 is 29.1 Å². The van der Waals surface area contributed by atoms with Crippen LogP contribution in [0.1, 0.15) is 12.0 Å². The lowest BCUT2D eigenvalue weighted by molar-refractivity contribution is -0.192. The van der Waals surface area contributed by atoms with E-state index in [9.17, 15) is 13.2 Å². The molecule has 0 aliphatic carbocycles. The summed E-state index contributed by atoms with van der Waals surface area (Å²) >= 11 is 3.48. The molecule has 30 heavy (non-hydrogen) atoms. The lowest BCUT2D eigenvalue weighted by atomic mass is 10.2. The number of benzene rings is 1. The fraction of sp³-hybridized carbons (Fsp3) is 0.316. The predicted molar refractivity (Wildman–Crippen MR) is 109 cm³/mol. The number of halogens is 3. The molecule has 2 N–H and O–H groups in total. The number of likely N-dealkylation sites (tertiary alicyclic amines) is 1. The molecule has 4 rings (SSSR count). The summed E-state index contributed by atoms with van der Waals surface area (Å²) in [7, 11) is 0. The highest BCUT2D eigenvalue weighted by atomic mass is 32.2. The predicted octanol–water partition coefficient (Wildman–Crippen LogP) is 4.53. The minimum absolute atomic E-state index is 0.575. The largest absolute Gasteiger partial charge is 0.490 e. The van der Waals surface area contributed by atoms with Crippen molar-refractivity contribution in [2.45, 2.75) is 29.5 Å². The van der Waals surface area contributed by atoms with Gasteiger partial charge in [0.2, 0.25) is 5.16 Å². The molecule has 1 fully saturated rings. The first kappa shape index (κ1) is 22.3. The summed E-state index contributed by atoms with van der Waals surface area (Å²) in [6.07, 6.45) is -3.89. The number of rotatable bonds is 5. The molecule has 0 saturated carbocycles. The van der Waals surface area contributed by atoms with Gasteiger partial charge in [-0.3, -0.25) is 10.00 Å². The number of hydrogen-bond acceptors (Lipinski definition) is 6. The molecule has 3 heterocycles. The van der Waals surface area contributed by atoms with E-state index < -0.39 is 12.1 Å². The van der Waals surface area contributed by atoms with Crippen molar-refractivity contribution in [3.8, 4) is 10.7 Å². The molecule has 1 aliphatic rings. The maximum Gasteiger partial charge on any atom is 0.490 e. The van der Waals surface area contributed by atoms with Gasteiger partial charge < -0.3 is 5.11 Å². The summed E-state index contributed by atoms with van der Waals surface area (Å²) in [6, 6.07) is 14.8. The molecule has 0 amide bonds. The molecular formula is C19H19F3N4O2S2. The van der Waals surface area contributed by atoms with Crippen LogP contribution in [-0.4, -0.2) is 55.7 Å². The fourth-order valence-electron chi connectivity index (χ4n) is 2.85. The number of aromatic amines is 1. The van der Waals surface area contributed by atoms with Crippen LogP contribution in [0.4, 0.5) is 13.2 Å². The number of carboxylic acids is 1. The number of alkyl halides is 3. The number of nitrogens with zero attached hydrogens (tertiary/aromatic N) is 3. The number of thioether (sulfide) groups is 1. The van der Waals surface area contributed by atoms with Crippen LogP contribution in [0.3, 0.4) is 0 Å². The van der Waals surface area contributed by atoms with E-state index in [2.05, 4.69) is 61.9 Å². The van der Waals surface area contributed by atoms with Gasteiger partial charge >= 0.3 is 12.1 Å². The molecule has 3 aromatic rings. The first-order valence-corrected chi connectivity index (χ1v) is 10.8. The third-order valence-corrected chi connectivity index (χ3v) is 6.20. The van der Waals surface area contributed by atoms with Crippen molar-refractivity contribution in [1.82, 2.24) is 20.1 Å². The first-order valence-electron chi connectivity index (χ1n) is 9.00. The highest BCUT2D eigenvalue weighted by molar-refractivity contribution is 7.99. The molecule has 1 unspecified atom stereocenters. The second kappa shape index (κ2) is 10.1. The van der Waals surface area contributed by atoms with Crippen molar-refractivity contribution in [2.24, 2.45) is 0 Å². The van der Waals surface area contributed by atoms with Crippen molar-refractivity contribution in [2.75, 3.05) is 13.1 Å². The SMILES string of the molecule is O=C(O)C(F)(F)F.c1ccc(CN2CCC(Sc3n[nH]c(-c4cccs4)n3)C2)cc1. The van der Waals surface area contributed by atoms with Crippen molar-refractivity contribution in [3.05, 3.63) is 53.4 Å². The molecule has 1 aliphatic heterocycles. The van der Waals surface area contributed by atoms with E-state index in [4.69, 9.17) is 9.90 Å². The summed E-state index contributed by atoms with van der Waals surface area (Å²) in [6.45, 7) is 3.28. The average molecular weight is 457 g/mol. The molecule has 1 atom stereocenters. The van der Waals surface area contributed by atoms with Gasteiger partial charge in [-0.15, -0.1) is 16.4 Å². The Kier molecular flexibility index (Phi) is 7.51. The molecule has 1 saturated heterocycles. The van der Waals surface area contributed by atoms with Crippen LogP contribution in [-0.2, 0) is 11.3 Å². The number of aromatic nitrogens is 3. The first-order chi connectivity index (χ1) is 14.3. The lowest BCUT2D eigenvalue weighted by Crippen LogP contribution is -2.21. The zero-order chi connectivity index (χ0) is 21.6. The molecule has 1 aromatic carbocycles. The van der Waals surface area contributed by atoms with Gasteiger partial charge in [-0.25, -0.2) is 9.78 Å². The summed E-state index contributed by atoms with van der Waals surface area (Å²) in [5, 5.41) is 18.0. The van der Waals surface area contributed by atoms with Crippen LogP contribution in [0, 0.1) is 0 Å². The van der Waals surface area contributed by atoms with E-state index >= 15 is 0 Å². The van der Waals surface area contributed by atoms with Gasteiger partial charge in [0, 0.05) is 18.3 Å². The third kappa shape index (κ3) is 6.57. The average Bonchev–Trinajstić information content (AvgIpc) is 3.45. The Bertz CT molecular complexity index is 933. The van der Waals surface area contributed by atoms with Gasteiger partial charge in [-0.2, -0.15) is 13.2 Å². The van der Waals surface area contributed by atoms with E-state index in [1.807, 2.05) is 6.07 Å². The van der Waals surface area contributed by atoms with Gasteiger partial charge in [-0.1, -0.05) is 48.2 Å². The van der Waals surface area contributed by atoms with Crippen molar-refractivity contribution in [1.29, 1.82) is 0 Å².